The maximum absolute atomic E-state index is 10.6. The summed E-state index contributed by atoms with van der Waals surface area (Å²) in [5.74, 6) is 0.191. The zero-order chi connectivity index (χ0) is 8.74. The molecule has 0 aromatic rings. The molecule has 0 amide bonds. The fourth-order valence-electron chi connectivity index (χ4n) is 0.557. The van der Waals surface area contributed by atoms with E-state index in [1.54, 1.807) is 7.11 Å². The molecule has 68 valence electrons. The third-order valence-electron chi connectivity index (χ3n) is 1.13. The summed E-state index contributed by atoms with van der Waals surface area (Å²) >= 11 is 0. The highest BCUT2D eigenvalue weighted by Crippen LogP contribution is 1.78. The maximum Gasteiger partial charge on any atom is 0.148 e. The first-order valence-electron chi connectivity index (χ1n) is 3.43. The third-order valence-corrected chi connectivity index (χ3v) is 2.08. The quantitative estimate of drug-likeness (QED) is 0.549. The predicted molar refractivity (Wildman–Crippen MR) is 44.5 cm³/mol. The second-order valence-corrected chi connectivity index (χ2v) is 4.63. The molecule has 0 aromatic carbocycles. The lowest BCUT2D eigenvalue weighted by Gasteiger charge is -2.01. The van der Waals surface area contributed by atoms with E-state index in [9.17, 15) is 8.42 Å². The van der Waals surface area contributed by atoms with Gasteiger partial charge in [-0.3, -0.25) is 0 Å². The molecule has 0 heterocycles. The number of hydrogen-bond acceptors (Lipinski definition) is 4. The lowest BCUT2D eigenvalue weighted by Crippen LogP contribution is -2.25. The summed E-state index contributed by atoms with van der Waals surface area (Å²) in [6.07, 6.45) is 1.23. The van der Waals surface area contributed by atoms with Gasteiger partial charge in [-0.2, -0.15) is 0 Å². The summed E-state index contributed by atoms with van der Waals surface area (Å²) in [4.78, 5) is 0. The Morgan fingerprint density at radius 3 is 2.45 bits per heavy atom. The summed E-state index contributed by atoms with van der Waals surface area (Å²) in [6, 6.07) is 0. The molecule has 0 aromatic heterocycles. The van der Waals surface area contributed by atoms with Crippen molar-refractivity contribution < 1.29 is 13.2 Å². The van der Waals surface area contributed by atoms with Crippen molar-refractivity contribution in [3.05, 3.63) is 0 Å². The van der Waals surface area contributed by atoms with Crippen molar-refractivity contribution >= 4 is 9.84 Å². The summed E-state index contributed by atoms with van der Waals surface area (Å²) in [7, 11) is -1.21. The molecular weight excluding hydrogens is 166 g/mol. The zero-order valence-electron chi connectivity index (χ0n) is 6.96. The van der Waals surface area contributed by atoms with E-state index in [0.717, 1.165) is 0 Å². The van der Waals surface area contributed by atoms with Crippen LogP contribution in [0.15, 0.2) is 0 Å². The Balaban J connectivity index is 3.16. The van der Waals surface area contributed by atoms with Gasteiger partial charge in [0.25, 0.3) is 0 Å². The predicted octanol–water partition coefficient (Wildman–Crippen LogP) is -0.733. The Hall–Kier alpha value is -0.130. The van der Waals surface area contributed by atoms with Crippen LogP contribution in [0.4, 0.5) is 0 Å². The number of methoxy groups -OCH3 is 1. The van der Waals surface area contributed by atoms with Crippen molar-refractivity contribution in [1.29, 1.82) is 0 Å². The first-order valence-corrected chi connectivity index (χ1v) is 5.49. The third kappa shape index (κ3) is 9.87. The number of rotatable bonds is 6. The SMILES string of the molecule is COCCNCCS(C)(=O)=O. The van der Waals surface area contributed by atoms with Crippen LogP contribution in [0.5, 0.6) is 0 Å². The number of ether oxygens (including phenoxy) is 1. The average Bonchev–Trinajstić information content (AvgIpc) is 1.85. The fraction of sp³-hybridized carbons (Fsp3) is 1.00. The standard InChI is InChI=1S/C6H15NO3S/c1-10-5-3-7-4-6-11(2,8)9/h7H,3-6H2,1-2H3. The average molecular weight is 181 g/mol. The molecule has 0 aliphatic carbocycles. The summed E-state index contributed by atoms with van der Waals surface area (Å²) in [5, 5.41) is 2.94. The summed E-state index contributed by atoms with van der Waals surface area (Å²) < 4.78 is 25.9. The second-order valence-electron chi connectivity index (χ2n) is 2.37. The number of nitrogens with one attached hydrogen (secondary N) is 1. The van der Waals surface area contributed by atoms with Gasteiger partial charge in [-0.05, 0) is 0 Å². The number of sulfone groups is 1. The van der Waals surface area contributed by atoms with E-state index in [1.807, 2.05) is 0 Å². The van der Waals surface area contributed by atoms with Crippen LogP contribution in [-0.2, 0) is 14.6 Å². The first kappa shape index (κ1) is 10.9. The van der Waals surface area contributed by atoms with Gasteiger partial charge in [0.1, 0.15) is 9.84 Å². The zero-order valence-corrected chi connectivity index (χ0v) is 7.78. The molecule has 1 N–H and O–H groups in total. The van der Waals surface area contributed by atoms with Crippen LogP contribution in [-0.4, -0.2) is 47.2 Å². The van der Waals surface area contributed by atoms with E-state index in [4.69, 9.17) is 4.74 Å². The Labute approximate surface area is 67.9 Å². The molecule has 0 aliphatic heterocycles. The molecule has 0 fully saturated rings. The van der Waals surface area contributed by atoms with Gasteiger partial charge in [0, 0.05) is 26.5 Å². The lowest BCUT2D eigenvalue weighted by molar-refractivity contribution is 0.200. The van der Waals surface area contributed by atoms with Crippen molar-refractivity contribution in [2.24, 2.45) is 0 Å². The van der Waals surface area contributed by atoms with Gasteiger partial charge < -0.3 is 10.1 Å². The van der Waals surface area contributed by atoms with Gasteiger partial charge in [0.05, 0.1) is 12.4 Å². The minimum absolute atomic E-state index is 0.191. The van der Waals surface area contributed by atoms with Crippen molar-refractivity contribution in [2.75, 3.05) is 38.8 Å². The van der Waals surface area contributed by atoms with E-state index >= 15 is 0 Å². The second kappa shape index (κ2) is 5.51. The Kier molecular flexibility index (Phi) is 5.45. The van der Waals surface area contributed by atoms with Gasteiger partial charge in [0.15, 0.2) is 0 Å². The maximum atomic E-state index is 10.6. The molecule has 0 bridgehead atoms. The van der Waals surface area contributed by atoms with E-state index in [-0.39, 0.29) is 5.75 Å². The summed E-state index contributed by atoms with van der Waals surface area (Å²) in [5.41, 5.74) is 0. The molecule has 0 radical (unpaired) electrons. The molecule has 11 heavy (non-hydrogen) atoms. The molecule has 0 atom stereocenters. The van der Waals surface area contributed by atoms with Crippen LogP contribution < -0.4 is 5.32 Å². The Morgan fingerprint density at radius 2 is 2.00 bits per heavy atom. The summed E-state index contributed by atoms with van der Waals surface area (Å²) in [6.45, 7) is 1.82. The van der Waals surface area contributed by atoms with E-state index in [0.29, 0.717) is 19.7 Å². The molecule has 0 aliphatic rings. The van der Waals surface area contributed by atoms with E-state index in [2.05, 4.69) is 5.32 Å². The minimum Gasteiger partial charge on any atom is -0.383 e. The molecule has 4 nitrogen and oxygen atoms in total. The van der Waals surface area contributed by atoms with Crippen LogP contribution in [0.25, 0.3) is 0 Å². The van der Waals surface area contributed by atoms with Crippen molar-refractivity contribution in [2.45, 2.75) is 0 Å². The largest absolute Gasteiger partial charge is 0.383 e. The molecule has 0 saturated carbocycles. The lowest BCUT2D eigenvalue weighted by atomic mass is 10.6. The highest BCUT2D eigenvalue weighted by Gasteiger charge is 1.99. The van der Waals surface area contributed by atoms with Gasteiger partial charge in [0.2, 0.25) is 0 Å². The van der Waals surface area contributed by atoms with Crippen LogP contribution in [0.1, 0.15) is 0 Å². The Morgan fingerprint density at radius 1 is 1.36 bits per heavy atom. The number of hydrogen-bond donors (Lipinski definition) is 1. The molecule has 0 saturated heterocycles. The highest BCUT2D eigenvalue weighted by atomic mass is 32.2. The van der Waals surface area contributed by atoms with Gasteiger partial charge >= 0.3 is 0 Å². The van der Waals surface area contributed by atoms with Crippen LogP contribution in [0.3, 0.4) is 0 Å². The monoisotopic (exact) mass is 181 g/mol. The molecular formula is C6H15NO3S. The van der Waals surface area contributed by atoms with Gasteiger partial charge in [-0.1, -0.05) is 0 Å². The highest BCUT2D eigenvalue weighted by molar-refractivity contribution is 7.90. The van der Waals surface area contributed by atoms with Crippen LogP contribution in [0.2, 0.25) is 0 Å². The normalized spacial score (nSPS) is 11.8. The topological polar surface area (TPSA) is 55.4 Å². The van der Waals surface area contributed by atoms with Crippen molar-refractivity contribution in [3.8, 4) is 0 Å². The smallest absolute Gasteiger partial charge is 0.148 e. The van der Waals surface area contributed by atoms with Crippen LogP contribution in [0, 0.1) is 0 Å². The molecule has 0 rings (SSSR count). The van der Waals surface area contributed by atoms with E-state index < -0.39 is 9.84 Å². The van der Waals surface area contributed by atoms with Crippen molar-refractivity contribution in [3.63, 3.8) is 0 Å². The van der Waals surface area contributed by atoms with Gasteiger partial charge in [-0.15, -0.1) is 0 Å². The van der Waals surface area contributed by atoms with Crippen LogP contribution >= 0.6 is 0 Å². The van der Waals surface area contributed by atoms with E-state index in [1.165, 1.54) is 6.26 Å². The molecule has 5 heteroatoms. The van der Waals surface area contributed by atoms with Gasteiger partial charge in [-0.25, -0.2) is 8.42 Å². The Bertz CT molecular complexity index is 176. The van der Waals surface area contributed by atoms with Crippen molar-refractivity contribution in [1.82, 2.24) is 5.32 Å². The molecule has 0 unspecified atom stereocenters. The minimum atomic E-state index is -2.81. The first-order chi connectivity index (χ1) is 5.06. The fourth-order valence-corrected chi connectivity index (χ4v) is 1.07. The molecule has 0 spiro atoms.